The van der Waals surface area contributed by atoms with Crippen LogP contribution in [0, 0.1) is 5.92 Å². The predicted octanol–water partition coefficient (Wildman–Crippen LogP) is 4.17. The third kappa shape index (κ3) is 3.97. The van der Waals surface area contributed by atoms with Crippen LogP contribution in [-0.2, 0) is 6.42 Å². The summed E-state index contributed by atoms with van der Waals surface area (Å²) in [6.07, 6.45) is 0.922. The van der Waals surface area contributed by atoms with Crippen molar-refractivity contribution < 1.29 is 0 Å². The SMILES string of the molecule is CCNC(Cc1cc(Cl)ccc1Cl)C(C)C. The van der Waals surface area contributed by atoms with Crippen molar-refractivity contribution in [3.05, 3.63) is 33.8 Å². The predicted molar refractivity (Wildman–Crippen MR) is 72.5 cm³/mol. The van der Waals surface area contributed by atoms with Crippen molar-refractivity contribution in [2.75, 3.05) is 6.54 Å². The van der Waals surface area contributed by atoms with Gasteiger partial charge in [0.15, 0.2) is 0 Å². The molecule has 0 aliphatic heterocycles. The molecule has 1 atom stereocenters. The monoisotopic (exact) mass is 259 g/mol. The highest BCUT2D eigenvalue weighted by atomic mass is 35.5. The van der Waals surface area contributed by atoms with Crippen LogP contribution in [0.3, 0.4) is 0 Å². The highest BCUT2D eigenvalue weighted by Gasteiger charge is 2.14. The maximum Gasteiger partial charge on any atom is 0.0439 e. The van der Waals surface area contributed by atoms with Crippen LogP contribution < -0.4 is 5.32 Å². The van der Waals surface area contributed by atoms with Gasteiger partial charge in [-0.15, -0.1) is 0 Å². The number of likely N-dealkylation sites (N-methyl/N-ethyl adjacent to an activating group) is 1. The second kappa shape index (κ2) is 6.48. The molecule has 1 nitrogen and oxygen atoms in total. The molecule has 1 aromatic rings. The minimum atomic E-state index is 0.445. The second-order valence-corrected chi connectivity index (χ2v) is 5.19. The van der Waals surface area contributed by atoms with E-state index in [1.807, 2.05) is 18.2 Å². The molecule has 1 rings (SSSR count). The van der Waals surface area contributed by atoms with Crippen molar-refractivity contribution in [2.45, 2.75) is 33.2 Å². The van der Waals surface area contributed by atoms with Gasteiger partial charge in [0.1, 0.15) is 0 Å². The number of benzene rings is 1. The van der Waals surface area contributed by atoms with Gasteiger partial charge in [-0.25, -0.2) is 0 Å². The van der Waals surface area contributed by atoms with Crippen molar-refractivity contribution in [3.63, 3.8) is 0 Å². The van der Waals surface area contributed by atoms with E-state index in [9.17, 15) is 0 Å². The Morgan fingerprint density at radius 3 is 2.50 bits per heavy atom. The molecule has 0 aromatic heterocycles. The topological polar surface area (TPSA) is 12.0 Å². The van der Waals surface area contributed by atoms with Crippen LogP contribution in [0.15, 0.2) is 18.2 Å². The maximum atomic E-state index is 6.16. The molecule has 0 bridgehead atoms. The van der Waals surface area contributed by atoms with E-state index >= 15 is 0 Å². The molecule has 0 saturated carbocycles. The first-order valence-electron chi connectivity index (χ1n) is 5.72. The Labute approximate surface area is 108 Å². The van der Waals surface area contributed by atoms with E-state index < -0.39 is 0 Å². The smallest absolute Gasteiger partial charge is 0.0439 e. The molecule has 0 radical (unpaired) electrons. The van der Waals surface area contributed by atoms with E-state index in [1.165, 1.54) is 0 Å². The van der Waals surface area contributed by atoms with Crippen molar-refractivity contribution in [3.8, 4) is 0 Å². The van der Waals surface area contributed by atoms with Gasteiger partial charge in [-0.2, -0.15) is 0 Å². The van der Waals surface area contributed by atoms with E-state index in [2.05, 4.69) is 26.1 Å². The Bertz CT molecular complexity index is 337. The van der Waals surface area contributed by atoms with Crippen LogP contribution in [0.5, 0.6) is 0 Å². The molecule has 1 aromatic carbocycles. The Balaban J connectivity index is 2.80. The molecule has 0 fully saturated rings. The molecule has 0 heterocycles. The molecule has 3 heteroatoms. The molecule has 0 amide bonds. The third-order valence-corrected chi connectivity index (χ3v) is 3.32. The average Bonchev–Trinajstić information content (AvgIpc) is 2.22. The molecule has 1 unspecified atom stereocenters. The van der Waals surface area contributed by atoms with Crippen LogP contribution in [0.25, 0.3) is 0 Å². The zero-order valence-corrected chi connectivity index (χ0v) is 11.6. The van der Waals surface area contributed by atoms with Gasteiger partial charge in [0, 0.05) is 16.1 Å². The van der Waals surface area contributed by atoms with Crippen molar-refractivity contribution in [2.24, 2.45) is 5.92 Å². The van der Waals surface area contributed by atoms with Crippen LogP contribution in [0.4, 0.5) is 0 Å². The average molecular weight is 260 g/mol. The number of hydrogen-bond acceptors (Lipinski definition) is 1. The molecular weight excluding hydrogens is 241 g/mol. The number of hydrogen-bond donors (Lipinski definition) is 1. The van der Waals surface area contributed by atoms with E-state index in [4.69, 9.17) is 23.2 Å². The largest absolute Gasteiger partial charge is 0.314 e. The highest BCUT2D eigenvalue weighted by Crippen LogP contribution is 2.23. The summed E-state index contributed by atoms with van der Waals surface area (Å²) >= 11 is 12.1. The summed E-state index contributed by atoms with van der Waals surface area (Å²) in [5, 5.41) is 5.02. The van der Waals surface area contributed by atoms with E-state index in [1.54, 1.807) is 0 Å². The fraction of sp³-hybridized carbons (Fsp3) is 0.538. The van der Waals surface area contributed by atoms with Crippen LogP contribution in [0.1, 0.15) is 26.3 Å². The lowest BCUT2D eigenvalue weighted by Gasteiger charge is -2.22. The summed E-state index contributed by atoms with van der Waals surface area (Å²) in [7, 11) is 0. The lowest BCUT2D eigenvalue weighted by molar-refractivity contribution is 0.405. The standard InChI is InChI=1S/C13H19Cl2N/c1-4-16-13(9(2)3)8-10-7-11(14)5-6-12(10)15/h5-7,9,13,16H,4,8H2,1-3H3. The maximum absolute atomic E-state index is 6.16. The van der Waals surface area contributed by atoms with Gasteiger partial charge < -0.3 is 5.32 Å². The third-order valence-electron chi connectivity index (χ3n) is 2.72. The van der Waals surface area contributed by atoms with Crippen molar-refractivity contribution in [1.82, 2.24) is 5.32 Å². The van der Waals surface area contributed by atoms with E-state index in [0.29, 0.717) is 12.0 Å². The molecule has 0 aliphatic rings. The fourth-order valence-electron chi connectivity index (χ4n) is 1.74. The molecule has 0 aliphatic carbocycles. The number of halogens is 2. The van der Waals surface area contributed by atoms with Gasteiger partial charge >= 0.3 is 0 Å². The van der Waals surface area contributed by atoms with Gasteiger partial charge in [-0.3, -0.25) is 0 Å². The minimum absolute atomic E-state index is 0.445. The second-order valence-electron chi connectivity index (χ2n) is 4.35. The Morgan fingerprint density at radius 1 is 1.25 bits per heavy atom. The lowest BCUT2D eigenvalue weighted by Crippen LogP contribution is -2.35. The highest BCUT2D eigenvalue weighted by molar-refractivity contribution is 6.33. The first kappa shape index (κ1) is 13.8. The first-order valence-corrected chi connectivity index (χ1v) is 6.47. The van der Waals surface area contributed by atoms with Crippen LogP contribution in [-0.4, -0.2) is 12.6 Å². The zero-order valence-electron chi connectivity index (χ0n) is 10.1. The van der Waals surface area contributed by atoms with Gasteiger partial charge in [0.25, 0.3) is 0 Å². The molecule has 1 N–H and O–H groups in total. The summed E-state index contributed by atoms with van der Waals surface area (Å²) in [5.74, 6) is 0.579. The molecule has 16 heavy (non-hydrogen) atoms. The van der Waals surface area contributed by atoms with Gasteiger partial charge in [0.05, 0.1) is 0 Å². The summed E-state index contributed by atoms with van der Waals surface area (Å²) in [5.41, 5.74) is 1.12. The zero-order chi connectivity index (χ0) is 12.1. The molecular formula is C13H19Cl2N. The summed E-state index contributed by atoms with van der Waals surface area (Å²) < 4.78 is 0. The Morgan fingerprint density at radius 2 is 1.94 bits per heavy atom. The van der Waals surface area contributed by atoms with Gasteiger partial charge in [-0.1, -0.05) is 44.0 Å². The van der Waals surface area contributed by atoms with Crippen molar-refractivity contribution in [1.29, 1.82) is 0 Å². The van der Waals surface area contributed by atoms with E-state index in [0.717, 1.165) is 28.6 Å². The molecule has 90 valence electrons. The van der Waals surface area contributed by atoms with Crippen molar-refractivity contribution >= 4 is 23.2 Å². The summed E-state index contributed by atoms with van der Waals surface area (Å²) in [4.78, 5) is 0. The lowest BCUT2D eigenvalue weighted by atomic mass is 9.96. The quantitative estimate of drug-likeness (QED) is 0.837. The summed E-state index contributed by atoms with van der Waals surface area (Å²) in [6, 6.07) is 6.09. The fourth-order valence-corrected chi connectivity index (χ4v) is 2.13. The number of nitrogens with one attached hydrogen (secondary N) is 1. The molecule has 0 spiro atoms. The van der Waals surface area contributed by atoms with Crippen LogP contribution >= 0.6 is 23.2 Å². The normalized spacial score (nSPS) is 13.1. The molecule has 0 saturated heterocycles. The summed E-state index contributed by atoms with van der Waals surface area (Å²) in [6.45, 7) is 7.52. The first-order chi connectivity index (χ1) is 7.54. The van der Waals surface area contributed by atoms with Crippen LogP contribution in [0.2, 0.25) is 10.0 Å². The Hall–Kier alpha value is -0.240. The van der Waals surface area contributed by atoms with Gasteiger partial charge in [0.2, 0.25) is 0 Å². The number of rotatable bonds is 5. The van der Waals surface area contributed by atoms with E-state index in [-0.39, 0.29) is 0 Å². The minimum Gasteiger partial charge on any atom is -0.314 e. The Kier molecular flexibility index (Phi) is 5.60. The van der Waals surface area contributed by atoms with Gasteiger partial charge in [-0.05, 0) is 42.6 Å².